The van der Waals surface area contributed by atoms with Crippen molar-refractivity contribution in [1.82, 2.24) is 19.6 Å². The van der Waals surface area contributed by atoms with Gasteiger partial charge in [-0.1, -0.05) is 61.0 Å². The fraction of sp³-hybridized carbons (Fsp3) is 0.263. The second-order valence-corrected chi connectivity index (χ2v) is 12.3. The van der Waals surface area contributed by atoms with Crippen LogP contribution in [0.1, 0.15) is 56.4 Å². The van der Waals surface area contributed by atoms with Gasteiger partial charge in [-0.25, -0.2) is 19.0 Å². The normalized spacial score (nSPS) is 9.47. The Morgan fingerprint density at radius 1 is 0.782 bits per heavy atom. The van der Waals surface area contributed by atoms with Gasteiger partial charge in [0.2, 0.25) is 0 Å². The SMILES string of the molecule is C.COC.COC(=O)c1[nH]n(-c2ccc(C)cc2)c(=O)c1C.COS(=O)(=O)c1ccc(-n2nc(C(=O)O)c(C)c2CO)cc1.Cc1ccccc1.[CH3-].[CH3-].[Y].[Y]. The maximum Gasteiger partial charge on any atom is 0.356 e. The van der Waals surface area contributed by atoms with Gasteiger partial charge in [0.15, 0.2) is 5.69 Å². The fourth-order valence-corrected chi connectivity index (χ4v) is 4.88. The van der Waals surface area contributed by atoms with E-state index < -0.39 is 28.7 Å². The zero-order valence-corrected chi connectivity index (χ0v) is 38.8. The first-order valence-electron chi connectivity index (χ1n) is 14.9. The predicted octanol–water partition coefficient (Wildman–Crippen LogP) is 6.06. The Labute approximate surface area is 375 Å². The average Bonchev–Trinajstić information content (AvgIpc) is 3.61. The van der Waals surface area contributed by atoms with Crippen LogP contribution in [0.3, 0.4) is 0 Å². The molecule has 0 aliphatic rings. The molecule has 0 unspecified atom stereocenters. The van der Waals surface area contributed by atoms with E-state index in [2.05, 4.69) is 42.9 Å². The summed E-state index contributed by atoms with van der Waals surface area (Å²) in [6.45, 7) is 6.79. The number of aromatic amines is 1. The van der Waals surface area contributed by atoms with Crippen LogP contribution in [-0.2, 0) is 95.8 Å². The molecule has 2 radical (unpaired) electrons. The molecule has 3 N–H and O–H groups in total. The number of carbonyl (C=O) groups is 2. The van der Waals surface area contributed by atoms with Crippen LogP contribution in [0.2, 0.25) is 0 Å². The van der Waals surface area contributed by atoms with Crippen LogP contribution in [0.25, 0.3) is 11.4 Å². The minimum absolute atomic E-state index is 0. The number of hydrogen-bond donors (Lipinski definition) is 3. The zero-order valence-electron chi connectivity index (χ0n) is 32.3. The number of carboxylic acids is 1. The van der Waals surface area contributed by atoms with E-state index in [-0.39, 0.29) is 110 Å². The summed E-state index contributed by atoms with van der Waals surface area (Å²) in [5.41, 5.74) is 4.31. The predicted molar refractivity (Wildman–Crippen MR) is 206 cm³/mol. The minimum atomic E-state index is -3.80. The van der Waals surface area contributed by atoms with Gasteiger partial charge in [0, 0.05) is 90.8 Å². The molecule has 17 heteroatoms. The van der Waals surface area contributed by atoms with Crippen molar-refractivity contribution >= 4 is 22.1 Å². The number of aliphatic hydroxyl groups is 1. The summed E-state index contributed by atoms with van der Waals surface area (Å²) in [5, 5.41) is 25.2. The van der Waals surface area contributed by atoms with Gasteiger partial charge in [0.25, 0.3) is 15.7 Å². The molecule has 2 aromatic heterocycles. The molecule has 3 aromatic carbocycles. The minimum Gasteiger partial charge on any atom is -0.476 e. The maximum absolute atomic E-state index is 12.0. The van der Waals surface area contributed by atoms with Gasteiger partial charge < -0.3 is 34.5 Å². The number of aliphatic hydroxyl groups excluding tert-OH is 1. The number of rotatable bonds is 7. The molecule has 0 bridgehead atoms. The Hall–Kier alpha value is -3.14. The first-order chi connectivity index (χ1) is 23.7. The second kappa shape index (κ2) is 28.3. The number of benzene rings is 3. The molecule has 5 rings (SSSR count). The molecule has 0 fully saturated rings. The van der Waals surface area contributed by atoms with E-state index in [0.29, 0.717) is 28.2 Å². The number of carboxylic acid groups (broad SMARTS) is 1. The summed E-state index contributed by atoms with van der Waals surface area (Å²) in [7, 11) is 1.79. The molecule has 0 atom stereocenters. The Kier molecular flexibility index (Phi) is 30.1. The second-order valence-electron chi connectivity index (χ2n) is 10.6. The molecular weight excluding hydrogens is 882 g/mol. The van der Waals surface area contributed by atoms with Gasteiger partial charge in [0.05, 0.1) is 42.8 Å². The number of H-pyrrole nitrogens is 1. The van der Waals surface area contributed by atoms with Crippen molar-refractivity contribution in [2.24, 2.45) is 0 Å². The van der Waals surface area contributed by atoms with E-state index in [1.807, 2.05) is 49.4 Å². The molecule has 5 aromatic rings. The van der Waals surface area contributed by atoms with Crippen LogP contribution < -0.4 is 5.56 Å². The molecular formula is C38H52N4O10SY2-2. The largest absolute Gasteiger partial charge is 0.476 e. The van der Waals surface area contributed by atoms with E-state index in [9.17, 15) is 27.9 Å². The van der Waals surface area contributed by atoms with Crippen molar-refractivity contribution in [3.8, 4) is 11.4 Å². The molecule has 0 spiro atoms. The zero-order chi connectivity index (χ0) is 37.6. The Morgan fingerprint density at radius 3 is 1.65 bits per heavy atom. The third kappa shape index (κ3) is 16.5. The van der Waals surface area contributed by atoms with E-state index in [1.54, 1.807) is 28.1 Å². The van der Waals surface area contributed by atoms with Crippen molar-refractivity contribution in [2.45, 2.75) is 46.6 Å². The molecule has 0 amide bonds. The quantitative estimate of drug-likeness (QED) is 0.0976. The summed E-state index contributed by atoms with van der Waals surface area (Å²) < 4.78 is 39.0. The van der Waals surface area contributed by atoms with Crippen molar-refractivity contribution in [3.05, 3.63) is 143 Å². The molecule has 298 valence electrons. The fourth-order valence-electron chi connectivity index (χ4n) is 4.22. The van der Waals surface area contributed by atoms with Crippen molar-refractivity contribution in [3.63, 3.8) is 0 Å². The number of ether oxygens (including phenoxy) is 2. The number of nitrogens with zero attached hydrogens (tertiary/aromatic N) is 3. The summed E-state index contributed by atoms with van der Waals surface area (Å²) in [4.78, 5) is 34.6. The number of carbonyl (C=O) groups excluding carboxylic acids is 1. The van der Waals surface area contributed by atoms with Crippen molar-refractivity contribution in [1.29, 1.82) is 0 Å². The first-order valence-corrected chi connectivity index (χ1v) is 16.3. The summed E-state index contributed by atoms with van der Waals surface area (Å²) >= 11 is 0. The molecule has 0 aliphatic heterocycles. The van der Waals surface area contributed by atoms with Gasteiger partial charge in [-0.3, -0.25) is 14.1 Å². The first kappa shape index (κ1) is 58.6. The number of aryl methyl sites for hydroxylation is 2. The number of esters is 1. The third-order valence-corrected chi connectivity index (χ3v) is 8.22. The molecule has 14 nitrogen and oxygen atoms in total. The van der Waals surface area contributed by atoms with E-state index in [0.717, 1.165) is 12.7 Å². The maximum atomic E-state index is 12.0. The van der Waals surface area contributed by atoms with Crippen LogP contribution in [0.4, 0.5) is 0 Å². The third-order valence-electron chi connectivity index (χ3n) is 6.93. The van der Waals surface area contributed by atoms with E-state index in [4.69, 9.17) is 5.11 Å². The van der Waals surface area contributed by atoms with E-state index in [1.165, 1.54) is 46.3 Å². The van der Waals surface area contributed by atoms with Gasteiger partial charge in [-0.2, -0.15) is 13.5 Å². The number of hydrogen-bond acceptors (Lipinski definition) is 10. The van der Waals surface area contributed by atoms with Crippen LogP contribution in [0.5, 0.6) is 0 Å². The standard InChI is InChI=1S/C13H14N2O6S.C13H14N2O3.C7H8.C2H6O.CH4.2CH3.2Y/c1-8-11(7-16)15(14-12(8)13(17)18)9-3-5-10(6-4-9)22(19,20)21-2;1-8-4-6-10(7-5-8)15-12(16)9(2)11(14-15)13(17)18-3;1-7-5-3-2-4-6-7;1-3-2;;;;;/h3-6,16H,7H2,1-2H3,(H,17,18);4-7,14H,1-3H3;2-6H,1H3;1-2H3;1H4;2*1H3;;/q;;;;;2*-1;;. The van der Waals surface area contributed by atoms with Gasteiger partial charge >= 0.3 is 11.9 Å². The Bertz CT molecular complexity index is 2030. The average molecular weight is 935 g/mol. The molecule has 0 saturated carbocycles. The number of aromatic nitrogens is 4. The molecule has 55 heavy (non-hydrogen) atoms. The molecule has 0 aliphatic carbocycles. The van der Waals surface area contributed by atoms with E-state index >= 15 is 0 Å². The van der Waals surface area contributed by atoms with Gasteiger partial charge in [-0.15, -0.1) is 0 Å². The van der Waals surface area contributed by atoms with Crippen LogP contribution >= 0.6 is 0 Å². The topological polar surface area (TPSA) is 192 Å². The van der Waals surface area contributed by atoms with Crippen LogP contribution in [0, 0.1) is 42.5 Å². The van der Waals surface area contributed by atoms with Crippen LogP contribution in [0.15, 0.2) is 88.6 Å². The summed E-state index contributed by atoms with van der Waals surface area (Å²) in [6, 6.07) is 23.2. The smallest absolute Gasteiger partial charge is 0.356 e. The Balaban J connectivity index is -0.000000356. The van der Waals surface area contributed by atoms with Crippen LogP contribution in [-0.4, -0.2) is 78.6 Å². The monoisotopic (exact) mass is 934 g/mol. The number of nitrogens with one attached hydrogen (secondary N) is 1. The van der Waals surface area contributed by atoms with Crippen molar-refractivity contribution < 1.29 is 107 Å². The van der Waals surface area contributed by atoms with Gasteiger partial charge in [-0.05, 0) is 64.1 Å². The number of aromatic carboxylic acids is 1. The number of methoxy groups -OCH3 is 2. The van der Waals surface area contributed by atoms with Gasteiger partial charge in [0.1, 0.15) is 5.69 Å². The molecule has 2 heterocycles. The molecule has 0 saturated heterocycles. The summed E-state index contributed by atoms with van der Waals surface area (Å²) in [5.74, 6) is -1.75. The van der Waals surface area contributed by atoms with Crippen molar-refractivity contribution in [2.75, 3.05) is 28.4 Å². The summed E-state index contributed by atoms with van der Waals surface area (Å²) in [6.07, 6.45) is 0. The Morgan fingerprint density at radius 2 is 1.25 bits per heavy atom.